The summed E-state index contributed by atoms with van der Waals surface area (Å²) < 4.78 is 18.3. The number of benzene rings is 2. The molecule has 0 bridgehead atoms. The Kier molecular flexibility index (Phi) is 3.93. The maximum Gasteiger partial charge on any atom is 0.153 e. The summed E-state index contributed by atoms with van der Waals surface area (Å²) in [7, 11) is 1.65. The maximum absolute atomic E-state index is 13.0. The van der Waals surface area contributed by atoms with E-state index in [1.54, 1.807) is 25.6 Å². The number of fused-ring (bicyclic) bond motifs is 3. The molecule has 0 spiro atoms. The molecule has 0 fully saturated rings. The molecule has 0 aliphatic carbocycles. The van der Waals surface area contributed by atoms with E-state index in [9.17, 15) is 4.39 Å². The van der Waals surface area contributed by atoms with Gasteiger partial charge in [-0.1, -0.05) is 12.1 Å². The number of anilines is 1. The van der Waals surface area contributed by atoms with E-state index in [1.807, 2.05) is 18.2 Å². The summed E-state index contributed by atoms with van der Waals surface area (Å²) in [6, 6.07) is 12.4. The number of nitrogens with zero attached hydrogens (tertiary/aromatic N) is 2. The normalized spacial score (nSPS) is 11.1. The van der Waals surface area contributed by atoms with Gasteiger partial charge in [0.1, 0.15) is 28.9 Å². The molecule has 4 aromatic rings. The van der Waals surface area contributed by atoms with Crippen LogP contribution in [0.5, 0.6) is 5.75 Å². The van der Waals surface area contributed by atoms with Crippen LogP contribution in [-0.4, -0.2) is 28.6 Å². The van der Waals surface area contributed by atoms with Gasteiger partial charge < -0.3 is 15.0 Å². The zero-order valence-corrected chi connectivity index (χ0v) is 13.7. The van der Waals surface area contributed by atoms with Gasteiger partial charge in [0.05, 0.1) is 7.11 Å². The van der Waals surface area contributed by atoms with E-state index >= 15 is 0 Å². The summed E-state index contributed by atoms with van der Waals surface area (Å²) in [6.45, 7) is 0.691. The van der Waals surface area contributed by atoms with Gasteiger partial charge in [0.2, 0.25) is 0 Å². The Morgan fingerprint density at radius 1 is 1.12 bits per heavy atom. The molecule has 0 amide bonds. The Morgan fingerprint density at radius 3 is 2.76 bits per heavy atom. The van der Waals surface area contributed by atoms with E-state index in [1.165, 1.54) is 12.1 Å². The second-order valence-electron chi connectivity index (χ2n) is 5.79. The van der Waals surface area contributed by atoms with Crippen LogP contribution >= 0.6 is 0 Å². The Balaban J connectivity index is 1.60. The van der Waals surface area contributed by atoms with Crippen LogP contribution in [0.15, 0.2) is 48.8 Å². The van der Waals surface area contributed by atoms with E-state index in [4.69, 9.17) is 4.74 Å². The van der Waals surface area contributed by atoms with E-state index < -0.39 is 0 Å². The number of aromatic amines is 1. The lowest BCUT2D eigenvalue weighted by Crippen LogP contribution is -2.07. The minimum atomic E-state index is -0.220. The van der Waals surface area contributed by atoms with Gasteiger partial charge in [-0.25, -0.2) is 14.4 Å². The summed E-state index contributed by atoms with van der Waals surface area (Å²) in [5, 5.41) is 4.33. The second-order valence-corrected chi connectivity index (χ2v) is 5.79. The van der Waals surface area contributed by atoms with E-state index in [-0.39, 0.29) is 5.82 Å². The molecule has 0 radical (unpaired) electrons. The molecule has 2 aromatic carbocycles. The molecule has 4 rings (SSSR count). The minimum Gasteiger partial charge on any atom is -0.497 e. The molecule has 0 atom stereocenters. The van der Waals surface area contributed by atoms with E-state index in [0.717, 1.165) is 45.5 Å². The summed E-state index contributed by atoms with van der Waals surface area (Å²) in [6.07, 6.45) is 2.33. The first kappa shape index (κ1) is 15.4. The van der Waals surface area contributed by atoms with Gasteiger partial charge in [0, 0.05) is 17.4 Å². The van der Waals surface area contributed by atoms with Gasteiger partial charge in [0.25, 0.3) is 0 Å². The highest BCUT2D eigenvalue weighted by Gasteiger charge is 2.11. The molecule has 5 nitrogen and oxygen atoms in total. The van der Waals surface area contributed by atoms with Crippen molar-refractivity contribution in [2.24, 2.45) is 0 Å². The molecule has 2 aromatic heterocycles. The van der Waals surface area contributed by atoms with Crippen LogP contribution in [0.25, 0.3) is 21.9 Å². The molecule has 0 unspecified atom stereocenters. The number of aromatic nitrogens is 3. The topological polar surface area (TPSA) is 62.8 Å². The average molecular weight is 336 g/mol. The van der Waals surface area contributed by atoms with Gasteiger partial charge in [-0.2, -0.15) is 0 Å². The van der Waals surface area contributed by atoms with Gasteiger partial charge in [0.15, 0.2) is 5.82 Å². The molecule has 2 heterocycles. The van der Waals surface area contributed by atoms with Crippen LogP contribution in [0.3, 0.4) is 0 Å². The third-order valence-corrected chi connectivity index (χ3v) is 4.21. The predicted octanol–water partition coefficient (Wildman–Crippen LogP) is 3.91. The number of H-pyrrole nitrogens is 1. The number of halogens is 1. The maximum atomic E-state index is 13.0. The van der Waals surface area contributed by atoms with Crippen LogP contribution in [0.4, 0.5) is 10.2 Å². The highest BCUT2D eigenvalue weighted by molar-refractivity contribution is 6.08. The van der Waals surface area contributed by atoms with Crippen molar-refractivity contribution in [2.75, 3.05) is 19.0 Å². The third-order valence-electron chi connectivity index (χ3n) is 4.21. The molecule has 0 saturated heterocycles. The molecule has 6 heteroatoms. The van der Waals surface area contributed by atoms with E-state index in [0.29, 0.717) is 6.54 Å². The molecule has 0 saturated carbocycles. The highest BCUT2D eigenvalue weighted by atomic mass is 19.1. The molecule has 0 aliphatic rings. The summed E-state index contributed by atoms with van der Waals surface area (Å²) in [5.74, 6) is 1.32. The quantitative estimate of drug-likeness (QED) is 0.580. The van der Waals surface area contributed by atoms with Crippen molar-refractivity contribution in [1.82, 2.24) is 15.0 Å². The van der Waals surface area contributed by atoms with Crippen LogP contribution in [-0.2, 0) is 6.42 Å². The van der Waals surface area contributed by atoms with Crippen molar-refractivity contribution in [3.63, 3.8) is 0 Å². The largest absolute Gasteiger partial charge is 0.497 e. The number of nitrogens with one attached hydrogen (secondary N) is 2. The van der Waals surface area contributed by atoms with Crippen LogP contribution in [0.2, 0.25) is 0 Å². The zero-order valence-electron chi connectivity index (χ0n) is 13.7. The Bertz CT molecular complexity index is 1030. The number of ether oxygens (including phenoxy) is 1. The first-order valence-electron chi connectivity index (χ1n) is 8.03. The number of methoxy groups -OCH3 is 1. The fourth-order valence-corrected chi connectivity index (χ4v) is 2.91. The van der Waals surface area contributed by atoms with Crippen molar-refractivity contribution >= 4 is 27.8 Å². The smallest absolute Gasteiger partial charge is 0.153 e. The van der Waals surface area contributed by atoms with Crippen LogP contribution < -0.4 is 10.1 Å². The van der Waals surface area contributed by atoms with Crippen molar-refractivity contribution in [2.45, 2.75) is 6.42 Å². The number of hydrogen-bond donors (Lipinski definition) is 2. The van der Waals surface area contributed by atoms with Crippen molar-refractivity contribution in [3.8, 4) is 5.75 Å². The minimum absolute atomic E-state index is 0.220. The standard InChI is InChI=1S/C19H17FN4O/c1-25-14-6-7-16-15(10-14)17-18(24-16)19(23-11-22-17)21-9-8-12-2-4-13(20)5-3-12/h2-7,10-11,24H,8-9H2,1H3,(H,21,22,23). The van der Waals surface area contributed by atoms with E-state index in [2.05, 4.69) is 20.3 Å². The summed E-state index contributed by atoms with van der Waals surface area (Å²) in [5.41, 5.74) is 3.77. The number of rotatable bonds is 5. The van der Waals surface area contributed by atoms with Gasteiger partial charge in [-0.3, -0.25) is 0 Å². The predicted molar refractivity (Wildman–Crippen MR) is 96.5 cm³/mol. The second kappa shape index (κ2) is 6.39. The molecular weight excluding hydrogens is 319 g/mol. The van der Waals surface area contributed by atoms with Crippen LogP contribution in [0, 0.1) is 5.82 Å². The number of hydrogen-bond acceptors (Lipinski definition) is 4. The third kappa shape index (κ3) is 2.98. The Labute approximate surface area is 143 Å². The SMILES string of the molecule is COc1ccc2[nH]c3c(NCCc4ccc(F)cc4)ncnc3c2c1. The van der Waals surface area contributed by atoms with Gasteiger partial charge >= 0.3 is 0 Å². The summed E-state index contributed by atoms with van der Waals surface area (Å²) >= 11 is 0. The van der Waals surface area contributed by atoms with Gasteiger partial charge in [-0.15, -0.1) is 0 Å². The Morgan fingerprint density at radius 2 is 1.96 bits per heavy atom. The lowest BCUT2D eigenvalue weighted by molar-refractivity contribution is 0.415. The van der Waals surface area contributed by atoms with Crippen LogP contribution in [0.1, 0.15) is 5.56 Å². The van der Waals surface area contributed by atoms with Crippen molar-refractivity contribution in [3.05, 3.63) is 60.2 Å². The molecule has 2 N–H and O–H groups in total. The summed E-state index contributed by atoms with van der Waals surface area (Å²) in [4.78, 5) is 12.1. The van der Waals surface area contributed by atoms with Crippen molar-refractivity contribution < 1.29 is 9.13 Å². The first-order valence-corrected chi connectivity index (χ1v) is 8.03. The molecular formula is C19H17FN4O. The lowest BCUT2D eigenvalue weighted by atomic mass is 10.1. The monoisotopic (exact) mass is 336 g/mol. The fraction of sp³-hybridized carbons (Fsp3) is 0.158. The Hall–Kier alpha value is -3.15. The highest BCUT2D eigenvalue weighted by Crippen LogP contribution is 2.29. The lowest BCUT2D eigenvalue weighted by Gasteiger charge is -2.06. The first-order chi connectivity index (χ1) is 12.2. The average Bonchev–Trinajstić information content (AvgIpc) is 3.02. The molecule has 0 aliphatic heterocycles. The molecule has 126 valence electrons. The van der Waals surface area contributed by atoms with Gasteiger partial charge in [-0.05, 0) is 42.3 Å². The van der Waals surface area contributed by atoms with Crippen molar-refractivity contribution in [1.29, 1.82) is 0 Å². The molecule has 25 heavy (non-hydrogen) atoms. The zero-order chi connectivity index (χ0) is 17.2. The fourth-order valence-electron chi connectivity index (χ4n) is 2.91.